The second-order valence-corrected chi connectivity index (χ2v) is 7.84. The van der Waals surface area contributed by atoms with Gasteiger partial charge < -0.3 is 4.98 Å². The Morgan fingerprint density at radius 1 is 1.48 bits per heavy atom. The highest BCUT2D eigenvalue weighted by molar-refractivity contribution is 7.18. The topological polar surface area (TPSA) is 58.6 Å². The molecule has 0 saturated carbocycles. The van der Waals surface area contributed by atoms with E-state index in [1.165, 1.54) is 0 Å². The molecule has 3 rings (SSSR count). The van der Waals surface area contributed by atoms with Gasteiger partial charge in [0.15, 0.2) is 5.82 Å². The molecule has 3 heterocycles. The second-order valence-electron chi connectivity index (χ2n) is 6.23. The Hall–Kier alpha value is -1.98. The van der Waals surface area contributed by atoms with E-state index in [0.717, 1.165) is 33.7 Å². The van der Waals surface area contributed by atoms with Gasteiger partial charge in [0.1, 0.15) is 4.83 Å². The molecule has 0 amide bonds. The standard InChI is InChI=1S/C19H20ClN3OS/c1-4-11(2)8-14-12(3)25-19-16(14)18(24)22-17(23-19)15(20)9-13-6-5-7-21-10-13/h5-7,9-11H,4,8H2,1-3H3,(H,22,23,24)/b15-9-/t11-/m1/s1. The summed E-state index contributed by atoms with van der Waals surface area (Å²) in [6.07, 6.45) is 7.13. The average Bonchev–Trinajstić information content (AvgIpc) is 2.91. The van der Waals surface area contributed by atoms with Crippen LogP contribution in [0.5, 0.6) is 0 Å². The zero-order valence-electron chi connectivity index (χ0n) is 14.5. The highest BCUT2D eigenvalue weighted by Crippen LogP contribution is 2.30. The number of fused-ring (bicyclic) bond motifs is 1. The number of hydrogen-bond donors (Lipinski definition) is 1. The van der Waals surface area contributed by atoms with Crippen molar-refractivity contribution in [1.29, 1.82) is 0 Å². The van der Waals surface area contributed by atoms with Gasteiger partial charge in [-0.25, -0.2) is 4.98 Å². The van der Waals surface area contributed by atoms with Crippen molar-refractivity contribution < 1.29 is 0 Å². The van der Waals surface area contributed by atoms with Crippen molar-refractivity contribution in [2.24, 2.45) is 5.92 Å². The molecule has 6 heteroatoms. The van der Waals surface area contributed by atoms with Gasteiger partial charge >= 0.3 is 0 Å². The molecule has 4 nitrogen and oxygen atoms in total. The largest absolute Gasteiger partial charge is 0.305 e. The Morgan fingerprint density at radius 2 is 2.28 bits per heavy atom. The Bertz CT molecular complexity index is 975. The summed E-state index contributed by atoms with van der Waals surface area (Å²) in [6.45, 7) is 6.42. The molecule has 0 unspecified atom stereocenters. The van der Waals surface area contributed by atoms with Crippen molar-refractivity contribution in [1.82, 2.24) is 15.0 Å². The number of nitrogens with zero attached hydrogens (tertiary/aromatic N) is 2. The van der Waals surface area contributed by atoms with Gasteiger partial charge in [-0.15, -0.1) is 11.3 Å². The van der Waals surface area contributed by atoms with Gasteiger partial charge in [0, 0.05) is 17.3 Å². The first-order valence-electron chi connectivity index (χ1n) is 8.29. The maximum Gasteiger partial charge on any atom is 0.260 e. The molecule has 0 spiro atoms. The molecular formula is C19H20ClN3OS. The first kappa shape index (κ1) is 17.8. The molecule has 0 radical (unpaired) electrons. The minimum Gasteiger partial charge on any atom is -0.305 e. The first-order valence-corrected chi connectivity index (χ1v) is 9.49. The van der Waals surface area contributed by atoms with Crippen molar-refractivity contribution in [2.75, 3.05) is 0 Å². The van der Waals surface area contributed by atoms with E-state index in [2.05, 4.69) is 35.7 Å². The number of thiophene rings is 1. The molecule has 0 saturated heterocycles. The van der Waals surface area contributed by atoms with E-state index in [4.69, 9.17) is 11.6 Å². The summed E-state index contributed by atoms with van der Waals surface area (Å²) in [6, 6.07) is 3.73. The Morgan fingerprint density at radius 3 is 2.96 bits per heavy atom. The van der Waals surface area contributed by atoms with Crippen molar-refractivity contribution in [3.63, 3.8) is 0 Å². The lowest BCUT2D eigenvalue weighted by Crippen LogP contribution is -2.12. The normalized spacial score (nSPS) is 13.4. The van der Waals surface area contributed by atoms with Gasteiger partial charge in [-0.05, 0) is 42.5 Å². The lowest BCUT2D eigenvalue weighted by Gasteiger charge is -2.08. The van der Waals surface area contributed by atoms with E-state index in [-0.39, 0.29) is 5.56 Å². The van der Waals surface area contributed by atoms with Gasteiger partial charge in [-0.2, -0.15) is 0 Å². The van der Waals surface area contributed by atoms with Gasteiger partial charge in [0.2, 0.25) is 0 Å². The quantitative estimate of drug-likeness (QED) is 0.683. The van der Waals surface area contributed by atoms with Crippen molar-refractivity contribution >= 4 is 44.3 Å². The van der Waals surface area contributed by atoms with Gasteiger partial charge in [-0.3, -0.25) is 9.78 Å². The van der Waals surface area contributed by atoms with Crippen LogP contribution in [0.4, 0.5) is 0 Å². The number of aryl methyl sites for hydroxylation is 1. The highest BCUT2D eigenvalue weighted by Gasteiger charge is 2.17. The number of aromatic nitrogens is 3. The van der Waals surface area contributed by atoms with E-state index in [9.17, 15) is 4.79 Å². The molecule has 130 valence electrons. The third-order valence-corrected chi connectivity index (χ3v) is 5.65. The molecule has 0 aliphatic heterocycles. The number of nitrogens with one attached hydrogen (secondary N) is 1. The molecule has 0 fully saturated rings. The third-order valence-electron chi connectivity index (χ3n) is 4.32. The zero-order chi connectivity index (χ0) is 18.0. The molecule has 1 atom stereocenters. The van der Waals surface area contributed by atoms with Crippen molar-refractivity contribution in [3.8, 4) is 0 Å². The van der Waals surface area contributed by atoms with Crippen LogP contribution in [-0.2, 0) is 6.42 Å². The van der Waals surface area contributed by atoms with Gasteiger partial charge in [0.05, 0.1) is 10.4 Å². The zero-order valence-corrected chi connectivity index (χ0v) is 16.0. The Balaban J connectivity index is 2.06. The summed E-state index contributed by atoms with van der Waals surface area (Å²) in [4.78, 5) is 26.0. The maximum absolute atomic E-state index is 12.7. The minimum absolute atomic E-state index is 0.125. The van der Waals surface area contributed by atoms with Crippen LogP contribution in [0.15, 0.2) is 29.3 Å². The van der Waals surface area contributed by atoms with Crippen LogP contribution < -0.4 is 5.56 Å². The predicted molar refractivity (Wildman–Crippen MR) is 106 cm³/mol. The fourth-order valence-electron chi connectivity index (χ4n) is 2.70. The molecular weight excluding hydrogens is 354 g/mol. The molecule has 1 N–H and O–H groups in total. The number of pyridine rings is 1. The maximum atomic E-state index is 12.7. The smallest absolute Gasteiger partial charge is 0.260 e. The van der Waals surface area contributed by atoms with Crippen molar-refractivity contribution in [2.45, 2.75) is 33.6 Å². The predicted octanol–water partition coefficient (Wildman–Crippen LogP) is 5.01. The van der Waals surface area contributed by atoms with Crippen LogP contribution >= 0.6 is 22.9 Å². The molecule has 0 aliphatic rings. The fraction of sp³-hybridized carbons (Fsp3) is 0.316. The van der Waals surface area contributed by atoms with Gasteiger partial charge in [0.25, 0.3) is 5.56 Å². The fourth-order valence-corrected chi connectivity index (χ4v) is 3.97. The van der Waals surface area contributed by atoms with E-state index in [1.807, 2.05) is 12.1 Å². The van der Waals surface area contributed by atoms with Crippen LogP contribution in [-0.4, -0.2) is 15.0 Å². The first-order chi connectivity index (χ1) is 12.0. The molecule has 0 aliphatic carbocycles. The Labute approximate surface area is 155 Å². The second kappa shape index (κ2) is 7.50. The monoisotopic (exact) mass is 373 g/mol. The number of H-pyrrole nitrogens is 1. The number of hydrogen-bond acceptors (Lipinski definition) is 4. The summed E-state index contributed by atoms with van der Waals surface area (Å²) < 4.78 is 0. The Kier molecular flexibility index (Phi) is 5.35. The SMILES string of the molecule is CC[C@@H](C)Cc1c(C)sc2nc(/C(Cl)=C/c3cccnc3)[nH]c(=O)c12. The molecule has 25 heavy (non-hydrogen) atoms. The van der Waals surface area contributed by atoms with E-state index < -0.39 is 0 Å². The van der Waals surface area contributed by atoms with Crippen LogP contribution in [0, 0.1) is 12.8 Å². The molecule has 0 aromatic carbocycles. The summed E-state index contributed by atoms with van der Waals surface area (Å²) >= 11 is 7.93. The summed E-state index contributed by atoms with van der Waals surface area (Å²) in [7, 11) is 0. The van der Waals surface area contributed by atoms with Crippen LogP contribution in [0.1, 0.15) is 42.1 Å². The molecule has 3 aromatic rings. The van der Waals surface area contributed by atoms with Crippen molar-refractivity contribution in [3.05, 3.63) is 56.7 Å². The van der Waals surface area contributed by atoms with Gasteiger partial charge in [-0.1, -0.05) is 37.9 Å². The number of halogens is 1. The van der Waals surface area contributed by atoms with E-state index in [1.54, 1.807) is 29.8 Å². The number of rotatable bonds is 5. The van der Waals surface area contributed by atoms with Crippen LogP contribution in [0.25, 0.3) is 21.3 Å². The van der Waals surface area contributed by atoms with E-state index >= 15 is 0 Å². The highest BCUT2D eigenvalue weighted by atomic mass is 35.5. The lowest BCUT2D eigenvalue weighted by atomic mass is 9.98. The summed E-state index contributed by atoms with van der Waals surface area (Å²) in [5, 5.41) is 1.10. The lowest BCUT2D eigenvalue weighted by molar-refractivity contribution is 0.561. The minimum atomic E-state index is -0.125. The molecule has 3 aromatic heterocycles. The van der Waals surface area contributed by atoms with Crippen LogP contribution in [0.2, 0.25) is 0 Å². The average molecular weight is 374 g/mol. The summed E-state index contributed by atoms with van der Waals surface area (Å²) in [5.41, 5.74) is 1.84. The third kappa shape index (κ3) is 3.83. The molecule has 0 bridgehead atoms. The number of aromatic amines is 1. The van der Waals surface area contributed by atoms with Crippen LogP contribution in [0.3, 0.4) is 0 Å². The van der Waals surface area contributed by atoms with E-state index in [0.29, 0.717) is 22.2 Å². The summed E-state index contributed by atoms with van der Waals surface area (Å²) in [5.74, 6) is 0.920.